The second kappa shape index (κ2) is 6.59. The highest BCUT2D eigenvalue weighted by Gasteiger charge is 2.15. The zero-order valence-corrected chi connectivity index (χ0v) is 12.4. The van der Waals surface area contributed by atoms with Crippen LogP contribution in [-0.2, 0) is 0 Å². The molecule has 0 bridgehead atoms. The summed E-state index contributed by atoms with van der Waals surface area (Å²) in [6, 6.07) is 11.9. The van der Waals surface area contributed by atoms with Crippen molar-refractivity contribution < 1.29 is 0 Å². The lowest BCUT2D eigenvalue weighted by atomic mass is 10.2. The van der Waals surface area contributed by atoms with E-state index in [1.807, 2.05) is 30.5 Å². The lowest BCUT2D eigenvalue weighted by Crippen LogP contribution is -2.44. The van der Waals surface area contributed by atoms with Crippen molar-refractivity contribution in [3.05, 3.63) is 59.4 Å². The van der Waals surface area contributed by atoms with Crippen LogP contribution < -0.4 is 4.90 Å². The SMILES string of the molecule is Clc1ccc(N2CCN(/N=C/c3ccncc3)CC2)cc1. The molecule has 0 radical (unpaired) electrons. The average molecular weight is 301 g/mol. The van der Waals surface area contributed by atoms with Gasteiger partial charge in [0.25, 0.3) is 0 Å². The zero-order chi connectivity index (χ0) is 14.5. The fourth-order valence-corrected chi connectivity index (χ4v) is 2.45. The number of aromatic nitrogens is 1. The van der Waals surface area contributed by atoms with Gasteiger partial charge in [0.05, 0.1) is 19.3 Å². The van der Waals surface area contributed by atoms with Crippen LogP contribution in [0.1, 0.15) is 5.56 Å². The van der Waals surface area contributed by atoms with Gasteiger partial charge < -0.3 is 4.90 Å². The Labute approximate surface area is 129 Å². The van der Waals surface area contributed by atoms with E-state index in [1.54, 1.807) is 12.4 Å². The molecule has 0 unspecified atom stereocenters. The smallest absolute Gasteiger partial charge is 0.0544 e. The lowest BCUT2D eigenvalue weighted by molar-refractivity contribution is 0.272. The minimum absolute atomic E-state index is 0.777. The molecule has 0 atom stereocenters. The first-order chi connectivity index (χ1) is 10.3. The zero-order valence-electron chi connectivity index (χ0n) is 11.7. The van der Waals surface area contributed by atoms with Crippen molar-refractivity contribution in [3.8, 4) is 0 Å². The average Bonchev–Trinajstić information content (AvgIpc) is 2.55. The van der Waals surface area contributed by atoms with Gasteiger partial charge >= 0.3 is 0 Å². The number of hydrazone groups is 1. The molecule has 1 saturated heterocycles. The summed E-state index contributed by atoms with van der Waals surface area (Å²) in [5.41, 5.74) is 2.29. The van der Waals surface area contributed by atoms with Crippen LogP contribution in [0.4, 0.5) is 5.69 Å². The molecule has 5 heteroatoms. The molecule has 0 N–H and O–H groups in total. The van der Waals surface area contributed by atoms with Crippen LogP contribution in [0.3, 0.4) is 0 Å². The standard InChI is InChI=1S/C16H17ClN4/c17-15-1-3-16(4-2-15)20-9-11-21(12-10-20)19-13-14-5-7-18-8-6-14/h1-8,13H,9-12H2/b19-13+. The third kappa shape index (κ3) is 3.73. The maximum Gasteiger partial charge on any atom is 0.0544 e. The Balaban J connectivity index is 1.55. The minimum atomic E-state index is 0.777. The van der Waals surface area contributed by atoms with Gasteiger partial charge in [-0.1, -0.05) is 11.6 Å². The number of pyridine rings is 1. The van der Waals surface area contributed by atoms with E-state index in [0.717, 1.165) is 36.8 Å². The fourth-order valence-electron chi connectivity index (χ4n) is 2.32. The highest BCUT2D eigenvalue weighted by molar-refractivity contribution is 6.30. The molecule has 21 heavy (non-hydrogen) atoms. The molecular weight excluding hydrogens is 284 g/mol. The summed E-state index contributed by atoms with van der Waals surface area (Å²) in [5, 5.41) is 7.41. The first-order valence-electron chi connectivity index (χ1n) is 7.01. The Bertz CT molecular complexity index is 589. The molecule has 0 amide bonds. The summed E-state index contributed by atoms with van der Waals surface area (Å²) >= 11 is 5.92. The molecule has 1 aliphatic rings. The third-order valence-corrected chi connectivity index (χ3v) is 3.78. The van der Waals surface area contributed by atoms with E-state index < -0.39 is 0 Å². The van der Waals surface area contributed by atoms with Crippen molar-refractivity contribution >= 4 is 23.5 Å². The predicted molar refractivity (Wildman–Crippen MR) is 87.1 cm³/mol. The Kier molecular flexibility index (Phi) is 4.36. The highest BCUT2D eigenvalue weighted by atomic mass is 35.5. The number of piperazine rings is 1. The molecule has 2 heterocycles. The van der Waals surface area contributed by atoms with Crippen LogP contribution in [-0.4, -0.2) is 42.4 Å². The van der Waals surface area contributed by atoms with Crippen LogP contribution in [0.5, 0.6) is 0 Å². The lowest BCUT2D eigenvalue weighted by Gasteiger charge is -2.34. The monoisotopic (exact) mass is 300 g/mol. The topological polar surface area (TPSA) is 31.7 Å². The molecule has 0 saturated carbocycles. The van der Waals surface area contributed by atoms with E-state index in [1.165, 1.54) is 5.69 Å². The van der Waals surface area contributed by atoms with Crippen molar-refractivity contribution in [2.75, 3.05) is 31.1 Å². The second-order valence-electron chi connectivity index (χ2n) is 4.94. The summed E-state index contributed by atoms with van der Waals surface area (Å²) in [6.45, 7) is 3.78. The summed E-state index contributed by atoms with van der Waals surface area (Å²) in [7, 11) is 0. The van der Waals surface area contributed by atoms with E-state index in [4.69, 9.17) is 11.6 Å². The van der Waals surface area contributed by atoms with Gasteiger partial charge in [-0.25, -0.2) is 0 Å². The van der Waals surface area contributed by atoms with Gasteiger partial charge in [0.15, 0.2) is 0 Å². The quantitative estimate of drug-likeness (QED) is 0.817. The Morgan fingerprint density at radius 1 is 0.952 bits per heavy atom. The summed E-state index contributed by atoms with van der Waals surface area (Å²) in [6.07, 6.45) is 5.44. The van der Waals surface area contributed by atoms with Crippen molar-refractivity contribution in [1.82, 2.24) is 9.99 Å². The molecule has 2 aromatic rings. The fraction of sp³-hybridized carbons (Fsp3) is 0.250. The maximum atomic E-state index is 5.92. The molecule has 1 aliphatic heterocycles. The van der Waals surface area contributed by atoms with Crippen LogP contribution in [0.15, 0.2) is 53.9 Å². The van der Waals surface area contributed by atoms with Gasteiger partial charge in [0.1, 0.15) is 0 Å². The molecule has 1 aromatic heterocycles. The first-order valence-corrected chi connectivity index (χ1v) is 7.38. The molecule has 0 aliphatic carbocycles. The van der Waals surface area contributed by atoms with E-state index in [0.29, 0.717) is 0 Å². The first kappa shape index (κ1) is 13.9. The van der Waals surface area contributed by atoms with E-state index >= 15 is 0 Å². The molecule has 4 nitrogen and oxygen atoms in total. The van der Waals surface area contributed by atoms with Crippen molar-refractivity contribution in [2.45, 2.75) is 0 Å². The Morgan fingerprint density at radius 2 is 1.62 bits per heavy atom. The van der Waals surface area contributed by atoms with E-state index in [-0.39, 0.29) is 0 Å². The minimum Gasteiger partial charge on any atom is -0.368 e. The maximum absolute atomic E-state index is 5.92. The van der Waals surface area contributed by atoms with Crippen LogP contribution in [0.25, 0.3) is 0 Å². The normalized spacial score (nSPS) is 15.7. The van der Waals surface area contributed by atoms with Crippen LogP contribution in [0, 0.1) is 0 Å². The van der Waals surface area contributed by atoms with Gasteiger partial charge in [-0.3, -0.25) is 9.99 Å². The summed E-state index contributed by atoms with van der Waals surface area (Å²) < 4.78 is 0. The van der Waals surface area contributed by atoms with Crippen LogP contribution >= 0.6 is 11.6 Å². The molecular formula is C16H17ClN4. The Morgan fingerprint density at radius 3 is 2.29 bits per heavy atom. The number of rotatable bonds is 3. The van der Waals surface area contributed by atoms with Gasteiger partial charge in [0, 0.05) is 36.2 Å². The highest BCUT2D eigenvalue weighted by Crippen LogP contribution is 2.19. The Hall–Kier alpha value is -2.07. The van der Waals surface area contributed by atoms with Gasteiger partial charge in [-0.15, -0.1) is 0 Å². The second-order valence-corrected chi connectivity index (χ2v) is 5.38. The number of halogens is 1. The van der Waals surface area contributed by atoms with Crippen molar-refractivity contribution in [2.24, 2.45) is 5.10 Å². The number of hydrogen-bond acceptors (Lipinski definition) is 4. The van der Waals surface area contributed by atoms with E-state index in [9.17, 15) is 0 Å². The molecule has 0 spiro atoms. The third-order valence-electron chi connectivity index (χ3n) is 3.52. The van der Waals surface area contributed by atoms with Crippen molar-refractivity contribution in [1.29, 1.82) is 0 Å². The number of benzene rings is 1. The molecule has 1 aromatic carbocycles. The molecule has 1 fully saturated rings. The van der Waals surface area contributed by atoms with Gasteiger partial charge in [0.2, 0.25) is 0 Å². The molecule has 3 rings (SSSR count). The predicted octanol–water partition coefficient (Wildman–Crippen LogP) is 2.89. The number of nitrogens with zero attached hydrogens (tertiary/aromatic N) is 4. The van der Waals surface area contributed by atoms with E-state index in [2.05, 4.69) is 32.1 Å². The summed E-state index contributed by atoms with van der Waals surface area (Å²) in [4.78, 5) is 6.35. The molecule has 108 valence electrons. The van der Waals surface area contributed by atoms with Crippen LogP contribution in [0.2, 0.25) is 5.02 Å². The largest absolute Gasteiger partial charge is 0.368 e. The van der Waals surface area contributed by atoms with Crippen molar-refractivity contribution in [3.63, 3.8) is 0 Å². The number of hydrogen-bond donors (Lipinski definition) is 0. The summed E-state index contributed by atoms with van der Waals surface area (Å²) in [5.74, 6) is 0. The van der Waals surface area contributed by atoms with Gasteiger partial charge in [-0.2, -0.15) is 5.10 Å². The van der Waals surface area contributed by atoms with Gasteiger partial charge in [-0.05, 0) is 42.0 Å². The number of anilines is 1.